The lowest BCUT2D eigenvalue weighted by Crippen LogP contribution is -2.44. The van der Waals surface area contributed by atoms with Crippen LogP contribution in [0.1, 0.15) is 36.5 Å². The van der Waals surface area contributed by atoms with Crippen LogP contribution in [0.4, 0.5) is 5.69 Å². The number of anilines is 1. The Hall–Kier alpha value is -1.60. The zero-order valence-electron chi connectivity index (χ0n) is 12.2. The number of piperidine rings is 1. The van der Waals surface area contributed by atoms with E-state index in [1.54, 1.807) is 18.2 Å². The molecule has 1 aliphatic heterocycles. The first-order valence-corrected chi connectivity index (χ1v) is 8.36. The highest BCUT2D eigenvalue weighted by Gasteiger charge is 2.29. The Bertz CT molecular complexity index is 615. The highest BCUT2D eigenvalue weighted by atomic mass is 32.2. The fraction of sp³-hybridized carbons (Fsp3) is 0.500. The first-order valence-electron chi connectivity index (χ1n) is 6.92. The van der Waals surface area contributed by atoms with Gasteiger partial charge in [0.15, 0.2) is 0 Å². The van der Waals surface area contributed by atoms with Crippen molar-refractivity contribution in [1.29, 1.82) is 0 Å². The molecule has 0 radical (unpaired) electrons. The molecule has 1 aromatic carbocycles. The molecule has 0 saturated carbocycles. The second kappa shape index (κ2) is 6.44. The SMILES string of the molecule is COC(=O)c1cccc(NS(=O)(=O)N2CCCCC2C)c1. The number of ether oxygens (including phenoxy) is 1. The topological polar surface area (TPSA) is 75.7 Å². The molecule has 1 aromatic rings. The van der Waals surface area contributed by atoms with Gasteiger partial charge in [-0.2, -0.15) is 12.7 Å². The van der Waals surface area contributed by atoms with Gasteiger partial charge in [-0.25, -0.2) is 4.79 Å². The lowest BCUT2D eigenvalue weighted by molar-refractivity contribution is 0.0600. The summed E-state index contributed by atoms with van der Waals surface area (Å²) in [6.45, 7) is 2.43. The van der Waals surface area contributed by atoms with Gasteiger partial charge in [0.1, 0.15) is 0 Å². The van der Waals surface area contributed by atoms with Crippen molar-refractivity contribution in [3.8, 4) is 0 Å². The Balaban J connectivity index is 2.18. The maximum absolute atomic E-state index is 12.4. The van der Waals surface area contributed by atoms with Crippen LogP contribution in [0, 0.1) is 0 Å². The molecule has 1 atom stereocenters. The van der Waals surface area contributed by atoms with E-state index in [0.717, 1.165) is 19.3 Å². The molecule has 1 aliphatic rings. The molecular weight excluding hydrogens is 292 g/mol. The van der Waals surface area contributed by atoms with Gasteiger partial charge < -0.3 is 4.74 Å². The summed E-state index contributed by atoms with van der Waals surface area (Å²) in [6.07, 6.45) is 2.78. The number of hydrogen-bond acceptors (Lipinski definition) is 4. The number of esters is 1. The minimum atomic E-state index is -3.60. The third-order valence-electron chi connectivity index (χ3n) is 3.58. The van der Waals surface area contributed by atoms with E-state index in [-0.39, 0.29) is 6.04 Å². The third-order valence-corrected chi connectivity index (χ3v) is 5.23. The normalized spacial score (nSPS) is 20.0. The highest BCUT2D eigenvalue weighted by molar-refractivity contribution is 7.90. The molecule has 21 heavy (non-hydrogen) atoms. The lowest BCUT2D eigenvalue weighted by Gasteiger charge is -2.32. The zero-order valence-corrected chi connectivity index (χ0v) is 13.0. The van der Waals surface area contributed by atoms with Gasteiger partial charge in [0.25, 0.3) is 0 Å². The van der Waals surface area contributed by atoms with E-state index in [1.807, 2.05) is 6.92 Å². The summed E-state index contributed by atoms with van der Waals surface area (Å²) < 4.78 is 33.5. The molecule has 1 saturated heterocycles. The Kier molecular flexibility index (Phi) is 4.84. The Morgan fingerprint density at radius 2 is 2.14 bits per heavy atom. The average molecular weight is 312 g/mol. The van der Waals surface area contributed by atoms with Crippen molar-refractivity contribution in [3.63, 3.8) is 0 Å². The van der Waals surface area contributed by atoms with E-state index >= 15 is 0 Å². The van der Waals surface area contributed by atoms with Gasteiger partial charge in [-0.3, -0.25) is 4.72 Å². The number of nitrogens with zero attached hydrogens (tertiary/aromatic N) is 1. The third kappa shape index (κ3) is 3.74. The van der Waals surface area contributed by atoms with Gasteiger partial charge in [-0.15, -0.1) is 0 Å². The molecule has 0 aliphatic carbocycles. The summed E-state index contributed by atoms with van der Waals surface area (Å²) in [5.74, 6) is -0.498. The molecule has 116 valence electrons. The predicted molar refractivity (Wildman–Crippen MR) is 80.3 cm³/mol. The molecule has 1 N–H and O–H groups in total. The number of methoxy groups -OCH3 is 1. The Morgan fingerprint density at radius 3 is 2.81 bits per heavy atom. The van der Waals surface area contributed by atoms with E-state index in [1.165, 1.54) is 17.5 Å². The molecule has 1 unspecified atom stereocenters. The number of hydrogen-bond donors (Lipinski definition) is 1. The lowest BCUT2D eigenvalue weighted by atomic mass is 10.1. The Labute approximate surface area is 125 Å². The maximum atomic E-state index is 12.4. The van der Waals surface area contributed by atoms with E-state index in [9.17, 15) is 13.2 Å². The van der Waals surface area contributed by atoms with Gasteiger partial charge in [0.2, 0.25) is 0 Å². The second-order valence-corrected chi connectivity index (χ2v) is 6.76. The molecule has 0 amide bonds. The van der Waals surface area contributed by atoms with Crippen LogP contribution in [0.3, 0.4) is 0 Å². The molecule has 0 bridgehead atoms. The summed E-state index contributed by atoms with van der Waals surface area (Å²) >= 11 is 0. The van der Waals surface area contributed by atoms with Crippen LogP contribution < -0.4 is 4.72 Å². The fourth-order valence-electron chi connectivity index (χ4n) is 2.46. The maximum Gasteiger partial charge on any atom is 0.337 e. The second-order valence-electron chi connectivity index (χ2n) is 5.14. The van der Waals surface area contributed by atoms with Gasteiger partial charge in [-0.1, -0.05) is 12.5 Å². The summed E-state index contributed by atoms with van der Waals surface area (Å²) in [7, 11) is -2.32. The van der Waals surface area contributed by atoms with Crippen molar-refractivity contribution in [2.75, 3.05) is 18.4 Å². The van der Waals surface area contributed by atoms with Crippen molar-refractivity contribution in [3.05, 3.63) is 29.8 Å². The standard InChI is InChI=1S/C14H20N2O4S/c1-11-6-3-4-9-16(11)21(18,19)15-13-8-5-7-12(10-13)14(17)20-2/h5,7-8,10-11,15H,3-4,6,9H2,1-2H3. The summed E-state index contributed by atoms with van der Waals surface area (Å²) in [5, 5.41) is 0. The molecule has 7 heteroatoms. The van der Waals surface area contributed by atoms with Crippen LogP contribution >= 0.6 is 0 Å². The smallest absolute Gasteiger partial charge is 0.337 e. The van der Waals surface area contributed by atoms with Crippen LogP contribution in [0.2, 0.25) is 0 Å². The van der Waals surface area contributed by atoms with Gasteiger partial charge in [0, 0.05) is 12.6 Å². The molecule has 6 nitrogen and oxygen atoms in total. The van der Waals surface area contributed by atoms with E-state index in [4.69, 9.17) is 0 Å². The molecule has 0 spiro atoms. The van der Waals surface area contributed by atoms with Crippen molar-refractivity contribution < 1.29 is 17.9 Å². The molecule has 2 rings (SSSR count). The van der Waals surface area contributed by atoms with Gasteiger partial charge in [0.05, 0.1) is 18.4 Å². The zero-order chi connectivity index (χ0) is 15.5. The number of rotatable bonds is 4. The first kappa shape index (κ1) is 15.8. The fourth-order valence-corrected chi connectivity index (χ4v) is 3.95. The number of nitrogens with one attached hydrogen (secondary N) is 1. The summed E-state index contributed by atoms with van der Waals surface area (Å²) in [4.78, 5) is 11.5. The summed E-state index contributed by atoms with van der Waals surface area (Å²) in [6, 6.07) is 6.26. The van der Waals surface area contributed by atoms with Crippen LogP contribution in [0.5, 0.6) is 0 Å². The van der Waals surface area contributed by atoms with Crippen molar-refractivity contribution in [2.24, 2.45) is 0 Å². The molecular formula is C14H20N2O4S. The van der Waals surface area contributed by atoms with Crippen LogP contribution in [-0.4, -0.2) is 38.4 Å². The molecule has 1 fully saturated rings. The van der Waals surface area contributed by atoms with E-state index in [2.05, 4.69) is 9.46 Å². The number of carbonyl (C=O) groups excluding carboxylic acids is 1. The number of carbonyl (C=O) groups is 1. The van der Waals surface area contributed by atoms with Crippen LogP contribution in [0.15, 0.2) is 24.3 Å². The monoisotopic (exact) mass is 312 g/mol. The highest BCUT2D eigenvalue weighted by Crippen LogP contribution is 2.22. The van der Waals surface area contributed by atoms with Crippen LogP contribution in [-0.2, 0) is 14.9 Å². The van der Waals surface area contributed by atoms with E-state index < -0.39 is 16.2 Å². The summed E-state index contributed by atoms with van der Waals surface area (Å²) in [5.41, 5.74) is 0.667. The van der Waals surface area contributed by atoms with Gasteiger partial charge in [-0.05, 0) is 38.0 Å². The Morgan fingerprint density at radius 1 is 1.38 bits per heavy atom. The van der Waals surface area contributed by atoms with E-state index in [0.29, 0.717) is 17.8 Å². The number of benzene rings is 1. The predicted octanol–water partition coefficient (Wildman–Crippen LogP) is 2.00. The molecule has 0 aromatic heterocycles. The minimum Gasteiger partial charge on any atom is -0.465 e. The van der Waals surface area contributed by atoms with Crippen LogP contribution in [0.25, 0.3) is 0 Å². The van der Waals surface area contributed by atoms with Crippen molar-refractivity contribution in [2.45, 2.75) is 32.2 Å². The molecule has 1 heterocycles. The van der Waals surface area contributed by atoms with Crippen molar-refractivity contribution >= 4 is 21.9 Å². The first-order chi connectivity index (χ1) is 9.94. The largest absolute Gasteiger partial charge is 0.465 e. The van der Waals surface area contributed by atoms with Gasteiger partial charge >= 0.3 is 16.2 Å². The van der Waals surface area contributed by atoms with Crippen molar-refractivity contribution in [1.82, 2.24) is 4.31 Å². The average Bonchev–Trinajstić information content (AvgIpc) is 2.46. The quantitative estimate of drug-likeness (QED) is 0.863. The minimum absolute atomic E-state index is 0.0139.